The topological polar surface area (TPSA) is 50.8 Å². The molecule has 0 atom stereocenters. The molecule has 2 aromatic rings. The van der Waals surface area contributed by atoms with E-state index in [1.165, 1.54) is 0 Å². The van der Waals surface area contributed by atoms with Gasteiger partial charge in [0.25, 0.3) is 0 Å². The Morgan fingerprint density at radius 3 is 2.32 bits per heavy atom. The molecule has 0 spiro atoms. The number of morpholine rings is 1. The molecule has 1 amide bonds. The molecule has 0 bridgehead atoms. The first-order valence-corrected chi connectivity index (χ1v) is 10.2. The Bertz CT molecular complexity index is 723. The highest BCUT2D eigenvalue weighted by atomic mass is 16.5. The van der Waals surface area contributed by atoms with Gasteiger partial charge in [0.1, 0.15) is 5.75 Å². The van der Waals surface area contributed by atoms with E-state index in [9.17, 15) is 4.79 Å². The van der Waals surface area contributed by atoms with Crippen LogP contribution in [0.3, 0.4) is 0 Å². The summed E-state index contributed by atoms with van der Waals surface area (Å²) in [5, 5.41) is 2.91. The first-order chi connectivity index (χ1) is 13.7. The van der Waals surface area contributed by atoms with Crippen LogP contribution in [0.4, 0.5) is 5.69 Å². The van der Waals surface area contributed by atoms with Crippen LogP contribution < -0.4 is 10.1 Å². The number of carbonyl (C=O) groups is 1. The van der Waals surface area contributed by atoms with Gasteiger partial charge in [-0.1, -0.05) is 31.2 Å². The molecule has 2 aromatic carbocycles. The van der Waals surface area contributed by atoms with Crippen LogP contribution in [0.25, 0.3) is 11.1 Å². The van der Waals surface area contributed by atoms with Gasteiger partial charge in [0.15, 0.2) is 0 Å². The molecule has 150 valence electrons. The molecular weight excluding hydrogens is 352 g/mol. The lowest BCUT2D eigenvalue weighted by molar-refractivity contribution is -0.116. The van der Waals surface area contributed by atoms with Crippen molar-refractivity contribution in [3.8, 4) is 16.9 Å². The summed E-state index contributed by atoms with van der Waals surface area (Å²) >= 11 is 0. The van der Waals surface area contributed by atoms with Crippen LogP contribution in [0, 0.1) is 0 Å². The normalized spacial score (nSPS) is 14.6. The van der Waals surface area contributed by atoms with Crippen LogP contribution in [-0.4, -0.2) is 50.3 Å². The molecule has 1 fully saturated rings. The third-order valence-electron chi connectivity index (χ3n) is 4.82. The second-order valence-electron chi connectivity index (χ2n) is 7.06. The molecule has 28 heavy (non-hydrogen) atoms. The lowest BCUT2D eigenvalue weighted by atomic mass is 10.1. The summed E-state index contributed by atoms with van der Waals surface area (Å²) in [5.41, 5.74) is 3.09. The fourth-order valence-electron chi connectivity index (χ4n) is 3.24. The smallest absolute Gasteiger partial charge is 0.224 e. The van der Waals surface area contributed by atoms with Crippen molar-refractivity contribution < 1.29 is 14.3 Å². The molecule has 1 N–H and O–H groups in total. The van der Waals surface area contributed by atoms with Crippen molar-refractivity contribution in [3.63, 3.8) is 0 Å². The number of nitrogens with zero attached hydrogens (tertiary/aromatic N) is 1. The van der Waals surface area contributed by atoms with E-state index in [-0.39, 0.29) is 5.91 Å². The van der Waals surface area contributed by atoms with E-state index >= 15 is 0 Å². The molecule has 0 saturated carbocycles. The molecule has 0 aliphatic carbocycles. The van der Waals surface area contributed by atoms with E-state index in [0.717, 1.165) is 74.9 Å². The number of hydrogen-bond donors (Lipinski definition) is 1. The maximum atomic E-state index is 11.7. The second kappa shape index (κ2) is 10.8. The van der Waals surface area contributed by atoms with Crippen LogP contribution in [0.15, 0.2) is 48.5 Å². The van der Waals surface area contributed by atoms with Gasteiger partial charge in [-0.25, -0.2) is 0 Å². The van der Waals surface area contributed by atoms with Gasteiger partial charge < -0.3 is 14.8 Å². The molecule has 3 rings (SSSR count). The minimum atomic E-state index is 0.0605. The van der Waals surface area contributed by atoms with Crippen molar-refractivity contribution >= 4 is 11.6 Å². The average Bonchev–Trinajstić information content (AvgIpc) is 2.73. The van der Waals surface area contributed by atoms with Crippen LogP contribution in [-0.2, 0) is 9.53 Å². The van der Waals surface area contributed by atoms with Gasteiger partial charge in [0.2, 0.25) is 5.91 Å². The van der Waals surface area contributed by atoms with Gasteiger partial charge in [0.05, 0.1) is 19.8 Å². The highest BCUT2D eigenvalue weighted by molar-refractivity contribution is 5.90. The molecule has 1 heterocycles. The average molecular weight is 383 g/mol. The van der Waals surface area contributed by atoms with E-state index < -0.39 is 0 Å². The SMILES string of the molecule is CCCC(=O)Nc1ccc(-c2ccc(OCCCN3CCOCC3)cc2)cc1. The van der Waals surface area contributed by atoms with E-state index in [4.69, 9.17) is 9.47 Å². The van der Waals surface area contributed by atoms with Crippen LogP contribution >= 0.6 is 0 Å². The van der Waals surface area contributed by atoms with Crippen molar-refractivity contribution in [1.82, 2.24) is 4.90 Å². The molecule has 0 aromatic heterocycles. The van der Waals surface area contributed by atoms with Crippen molar-refractivity contribution in [2.75, 3.05) is 44.8 Å². The van der Waals surface area contributed by atoms with Crippen LogP contribution in [0.1, 0.15) is 26.2 Å². The maximum Gasteiger partial charge on any atom is 0.224 e. The largest absolute Gasteiger partial charge is 0.494 e. The van der Waals surface area contributed by atoms with Crippen LogP contribution in [0.2, 0.25) is 0 Å². The van der Waals surface area contributed by atoms with Gasteiger partial charge in [-0.05, 0) is 48.2 Å². The van der Waals surface area contributed by atoms with Crippen molar-refractivity contribution in [1.29, 1.82) is 0 Å². The van der Waals surface area contributed by atoms with Gasteiger partial charge in [-0.3, -0.25) is 9.69 Å². The Kier molecular flexibility index (Phi) is 7.88. The molecule has 1 aliphatic heterocycles. The lowest BCUT2D eigenvalue weighted by Gasteiger charge is -2.26. The minimum Gasteiger partial charge on any atom is -0.494 e. The zero-order chi connectivity index (χ0) is 19.6. The number of carbonyl (C=O) groups excluding carboxylic acids is 1. The Morgan fingerprint density at radius 2 is 1.68 bits per heavy atom. The van der Waals surface area contributed by atoms with E-state index in [2.05, 4.69) is 22.3 Å². The predicted octanol–water partition coefficient (Wildman–Crippen LogP) is 4.19. The Hall–Kier alpha value is -2.37. The Labute approximate surface area is 167 Å². The zero-order valence-electron chi connectivity index (χ0n) is 16.7. The number of ether oxygens (including phenoxy) is 2. The summed E-state index contributed by atoms with van der Waals surface area (Å²) in [6, 6.07) is 16.1. The molecule has 5 nitrogen and oxygen atoms in total. The third kappa shape index (κ3) is 6.36. The molecular formula is C23H30N2O3. The maximum absolute atomic E-state index is 11.7. The first kappa shape index (κ1) is 20.4. The number of rotatable bonds is 9. The van der Waals surface area contributed by atoms with Gasteiger partial charge >= 0.3 is 0 Å². The number of anilines is 1. The molecule has 0 unspecified atom stereocenters. The number of hydrogen-bond acceptors (Lipinski definition) is 4. The highest BCUT2D eigenvalue weighted by Crippen LogP contribution is 2.24. The van der Waals surface area contributed by atoms with E-state index in [1.54, 1.807) is 0 Å². The molecule has 1 aliphatic rings. The highest BCUT2D eigenvalue weighted by Gasteiger charge is 2.09. The van der Waals surface area contributed by atoms with E-state index in [0.29, 0.717) is 6.42 Å². The van der Waals surface area contributed by atoms with Gasteiger partial charge in [-0.15, -0.1) is 0 Å². The van der Waals surface area contributed by atoms with Crippen molar-refractivity contribution in [3.05, 3.63) is 48.5 Å². The summed E-state index contributed by atoms with van der Waals surface area (Å²) in [6.45, 7) is 7.51. The monoisotopic (exact) mass is 382 g/mol. The van der Waals surface area contributed by atoms with Gasteiger partial charge in [0, 0.05) is 31.7 Å². The summed E-state index contributed by atoms with van der Waals surface area (Å²) < 4.78 is 11.2. The fourth-order valence-corrected chi connectivity index (χ4v) is 3.24. The molecule has 5 heteroatoms. The van der Waals surface area contributed by atoms with Gasteiger partial charge in [-0.2, -0.15) is 0 Å². The molecule has 0 radical (unpaired) electrons. The van der Waals surface area contributed by atoms with E-state index in [1.807, 2.05) is 43.3 Å². The molecule has 1 saturated heterocycles. The first-order valence-electron chi connectivity index (χ1n) is 10.2. The second-order valence-corrected chi connectivity index (χ2v) is 7.06. The number of nitrogens with one attached hydrogen (secondary N) is 1. The standard InChI is InChI=1S/C23H30N2O3/c1-2-4-23(26)24-21-9-5-19(6-10-21)20-7-11-22(12-8-20)28-16-3-13-25-14-17-27-18-15-25/h5-12H,2-4,13-18H2,1H3,(H,24,26). The summed E-state index contributed by atoms with van der Waals surface area (Å²) in [7, 11) is 0. The Balaban J connectivity index is 1.45. The van der Waals surface area contributed by atoms with Crippen LogP contribution in [0.5, 0.6) is 5.75 Å². The quantitative estimate of drug-likeness (QED) is 0.661. The zero-order valence-corrected chi connectivity index (χ0v) is 16.7. The summed E-state index contributed by atoms with van der Waals surface area (Å²) in [6.07, 6.45) is 2.42. The lowest BCUT2D eigenvalue weighted by Crippen LogP contribution is -2.37. The van der Waals surface area contributed by atoms with Crippen molar-refractivity contribution in [2.45, 2.75) is 26.2 Å². The summed E-state index contributed by atoms with van der Waals surface area (Å²) in [4.78, 5) is 14.1. The van der Waals surface area contributed by atoms with Crippen molar-refractivity contribution in [2.24, 2.45) is 0 Å². The predicted molar refractivity (Wildman–Crippen MR) is 113 cm³/mol. The number of benzene rings is 2. The minimum absolute atomic E-state index is 0.0605. The fraction of sp³-hybridized carbons (Fsp3) is 0.435. The third-order valence-corrected chi connectivity index (χ3v) is 4.82. The summed E-state index contributed by atoms with van der Waals surface area (Å²) in [5.74, 6) is 0.958. The Morgan fingerprint density at radius 1 is 1.04 bits per heavy atom. The number of amides is 1.